The van der Waals surface area contributed by atoms with Gasteiger partial charge in [0.2, 0.25) is 17.2 Å². The quantitative estimate of drug-likeness (QED) is 0.0477. The summed E-state index contributed by atoms with van der Waals surface area (Å²) in [6.45, 7) is 2.36. The first-order chi connectivity index (χ1) is 32.9. The van der Waals surface area contributed by atoms with E-state index in [1.165, 1.54) is 30.3 Å². The fourth-order valence-corrected chi connectivity index (χ4v) is 11.4. The van der Waals surface area contributed by atoms with E-state index < -0.39 is 144 Å². The lowest BCUT2D eigenvalue weighted by molar-refractivity contribution is 0.284. The molecule has 0 saturated heterocycles. The largest absolute Gasteiger partial charge is 0.450 e. The number of nitrogens with one attached hydrogen (secondary N) is 3. The highest BCUT2D eigenvalue weighted by molar-refractivity contribution is 7.91. The molecule has 2 aliphatic heterocycles. The van der Waals surface area contributed by atoms with Gasteiger partial charge in [0.05, 0.1) is 28.6 Å². The number of aryl methyl sites for hydroxylation is 2. The predicted molar refractivity (Wildman–Crippen MR) is 252 cm³/mol. The number of nitrogens with two attached hydrogens (primary N) is 1. The van der Waals surface area contributed by atoms with Crippen LogP contribution in [0.3, 0.4) is 0 Å². The maximum atomic E-state index is 13.1. The molecule has 0 amide bonds. The van der Waals surface area contributed by atoms with E-state index in [1.807, 2.05) is 0 Å². The van der Waals surface area contributed by atoms with Crippen LogP contribution >= 0.6 is 34.8 Å². The molecule has 3 heterocycles. The molecule has 1 aromatic heterocycles. The molecule has 8 rings (SSSR count). The molecule has 6 aromatic rings. The zero-order chi connectivity index (χ0) is 51.9. The molecule has 374 valence electrons. The molecule has 71 heavy (non-hydrogen) atoms. The van der Waals surface area contributed by atoms with Crippen molar-refractivity contribution in [1.82, 2.24) is 15.0 Å². The minimum atomic E-state index is -5.50. The standard InChI is InChI=1S/C37H28Cl3N9O17S5/c1-14-10-15(2)21(12-18(14)41)44-26-23(68(52,53)54)13-22-30(34(26)70(58,59)60)66-32-24(38)27-31(25(39)28(32)45-22)65-29-19(43-27)6-7-20(33(29)69(55,56)57)46-37-48-35(40)47-36(49-37)42-16-4-3-5-17(11-16)67(50,51)9-8-64-71(61,62)63/h3-7,10-13,44H,8-9,41H2,1-2H3,(H,52,53,54)(H,55,56,57)(H,58,59,60)(H,61,62,63)(H2,42,46,47,48,49). The van der Waals surface area contributed by atoms with Gasteiger partial charge in [-0.25, -0.2) is 22.6 Å². The summed E-state index contributed by atoms with van der Waals surface area (Å²) in [4.78, 5) is 16.9. The normalized spacial score (nSPS) is 13.3. The number of halogens is 3. The third kappa shape index (κ3) is 10.5. The van der Waals surface area contributed by atoms with Crippen LogP contribution in [0.25, 0.3) is 0 Å². The first-order valence-corrected chi connectivity index (χ1v) is 27.6. The van der Waals surface area contributed by atoms with E-state index in [4.69, 9.17) is 54.6 Å². The van der Waals surface area contributed by atoms with Crippen LogP contribution in [0.15, 0.2) is 84.2 Å². The highest BCUT2D eigenvalue weighted by Crippen LogP contribution is 2.51. The first-order valence-electron chi connectivity index (χ1n) is 19.1. The lowest BCUT2D eigenvalue weighted by Crippen LogP contribution is -2.24. The summed E-state index contributed by atoms with van der Waals surface area (Å²) >= 11 is 19.7. The number of sulfone groups is 1. The number of rotatable bonds is 14. The Hall–Kier alpha value is -6.07. The molecule has 9 N–H and O–H groups in total. The van der Waals surface area contributed by atoms with Crippen molar-refractivity contribution in [3.8, 4) is 23.0 Å². The number of anilines is 7. The van der Waals surface area contributed by atoms with Gasteiger partial charge in [-0.15, -0.1) is 0 Å². The van der Waals surface area contributed by atoms with Crippen LogP contribution in [0.4, 0.5) is 51.7 Å². The van der Waals surface area contributed by atoms with Gasteiger partial charge in [-0.1, -0.05) is 35.3 Å². The fourth-order valence-electron chi connectivity index (χ4n) is 6.88. The Morgan fingerprint density at radius 3 is 1.82 bits per heavy atom. The lowest BCUT2D eigenvalue weighted by Gasteiger charge is -2.25. The molecule has 2 aliphatic rings. The molecular weight excluding hydrogens is 1110 g/mol. The SMILES string of the molecule is Cc1cc(C)c(Nc2c(S(=O)(=O)O)cc3c(c2S(=O)(=O)O)Oc2c(Cl)c4c(c(Cl)c2=N3)Oc2c(ccc(Nc3nc(Cl)nc(Nc5cccc(S(=O)(=O)CCOS(=O)(=O)O)c5)n3)c2S(=O)(=O)O)N=4)cc1N. The van der Waals surface area contributed by atoms with E-state index in [0.29, 0.717) is 17.2 Å². The van der Waals surface area contributed by atoms with Crippen molar-refractivity contribution in [2.45, 2.75) is 33.4 Å². The molecule has 0 spiro atoms. The molecule has 34 heteroatoms. The van der Waals surface area contributed by atoms with Gasteiger partial charge in [-0.05, 0) is 79.0 Å². The summed E-state index contributed by atoms with van der Waals surface area (Å²) in [5.41, 5.74) is 5.11. The molecule has 0 unspecified atom stereocenters. The number of nitrogen functional groups attached to an aromatic ring is 1. The Morgan fingerprint density at radius 1 is 0.634 bits per heavy atom. The van der Waals surface area contributed by atoms with Crippen LogP contribution in [-0.2, 0) is 54.8 Å². The summed E-state index contributed by atoms with van der Waals surface area (Å²) in [5.74, 6) is -4.17. The minimum Gasteiger partial charge on any atom is -0.450 e. The highest BCUT2D eigenvalue weighted by atomic mass is 35.5. The Bertz CT molecular complexity index is 4060. The smallest absolute Gasteiger partial charge is 0.397 e. The van der Waals surface area contributed by atoms with Crippen molar-refractivity contribution >= 4 is 137 Å². The molecule has 5 aromatic carbocycles. The maximum absolute atomic E-state index is 13.1. The molecule has 0 aliphatic carbocycles. The lowest BCUT2D eigenvalue weighted by atomic mass is 10.1. The van der Waals surface area contributed by atoms with Gasteiger partial charge in [-0.3, -0.25) is 18.2 Å². The number of benzene rings is 5. The monoisotopic (exact) mass is 1130 g/mol. The van der Waals surface area contributed by atoms with E-state index in [1.54, 1.807) is 19.9 Å². The number of hydrogen-bond donors (Lipinski definition) is 8. The average Bonchev–Trinajstić information content (AvgIpc) is 3.24. The Kier molecular flexibility index (Phi) is 13.2. The van der Waals surface area contributed by atoms with Gasteiger partial charge >= 0.3 is 10.4 Å². The molecule has 0 fully saturated rings. The first kappa shape index (κ1) is 51.3. The molecule has 26 nitrogen and oxygen atoms in total. The zero-order valence-electron chi connectivity index (χ0n) is 35.2. The molecule has 0 saturated carbocycles. The van der Waals surface area contributed by atoms with E-state index in [0.717, 1.165) is 12.1 Å². The van der Waals surface area contributed by atoms with Crippen molar-refractivity contribution in [2.24, 2.45) is 9.98 Å². The Balaban J connectivity index is 1.18. The third-order valence-electron chi connectivity index (χ3n) is 9.94. The molecule has 0 atom stereocenters. The van der Waals surface area contributed by atoms with Crippen molar-refractivity contribution in [3.63, 3.8) is 0 Å². The number of nitrogens with zero attached hydrogens (tertiary/aromatic N) is 5. The van der Waals surface area contributed by atoms with Crippen LogP contribution in [0, 0.1) is 13.8 Å². The van der Waals surface area contributed by atoms with Crippen LogP contribution in [0.2, 0.25) is 15.3 Å². The van der Waals surface area contributed by atoms with E-state index in [9.17, 15) is 55.7 Å². The minimum absolute atomic E-state index is 0.0492. The van der Waals surface area contributed by atoms with Crippen molar-refractivity contribution in [2.75, 3.05) is 34.0 Å². The molecule has 0 radical (unpaired) electrons. The van der Waals surface area contributed by atoms with Gasteiger partial charge in [0.1, 0.15) is 37.0 Å². The summed E-state index contributed by atoms with van der Waals surface area (Å²) in [6, 6.07) is 10.9. The Morgan fingerprint density at radius 2 is 1.23 bits per heavy atom. The number of hydrogen-bond acceptors (Lipinski definition) is 22. The second-order valence-electron chi connectivity index (χ2n) is 14.8. The predicted octanol–water partition coefficient (Wildman–Crippen LogP) is 5.71. The average molecular weight is 1140 g/mol. The van der Waals surface area contributed by atoms with Gasteiger partial charge in [-0.2, -0.15) is 48.6 Å². The highest BCUT2D eigenvalue weighted by Gasteiger charge is 2.38. The van der Waals surface area contributed by atoms with Gasteiger partial charge < -0.3 is 31.2 Å². The summed E-state index contributed by atoms with van der Waals surface area (Å²) in [5, 5.41) is 5.46. The second kappa shape index (κ2) is 18.2. The summed E-state index contributed by atoms with van der Waals surface area (Å²) < 4.78 is 182. The van der Waals surface area contributed by atoms with Gasteiger partial charge in [0.15, 0.2) is 42.6 Å². The van der Waals surface area contributed by atoms with E-state index >= 15 is 0 Å². The number of ether oxygens (including phenoxy) is 2. The zero-order valence-corrected chi connectivity index (χ0v) is 41.5. The fraction of sp³-hybridized carbons (Fsp3) is 0.108. The van der Waals surface area contributed by atoms with E-state index in [-0.39, 0.29) is 39.0 Å². The maximum Gasteiger partial charge on any atom is 0.397 e. The topological polar surface area (TPSA) is 405 Å². The van der Waals surface area contributed by atoms with Crippen molar-refractivity contribution < 1.29 is 74.0 Å². The Labute approximate surface area is 415 Å². The van der Waals surface area contributed by atoms with E-state index in [2.05, 4.69) is 45.1 Å². The van der Waals surface area contributed by atoms with Crippen molar-refractivity contribution in [1.29, 1.82) is 0 Å². The summed E-state index contributed by atoms with van der Waals surface area (Å²) in [7, 11) is -25.3. The van der Waals surface area contributed by atoms with Crippen LogP contribution in [-0.4, -0.2) is 87.6 Å². The van der Waals surface area contributed by atoms with Crippen LogP contribution < -0.4 is 41.9 Å². The van der Waals surface area contributed by atoms with Gasteiger partial charge in [0, 0.05) is 17.1 Å². The van der Waals surface area contributed by atoms with Crippen molar-refractivity contribution in [3.05, 3.63) is 91.8 Å². The van der Waals surface area contributed by atoms with Crippen LogP contribution in [0.5, 0.6) is 23.0 Å². The summed E-state index contributed by atoms with van der Waals surface area (Å²) in [6.07, 6.45) is 0. The number of fused-ring (bicyclic) bond motifs is 4. The van der Waals surface area contributed by atoms with Gasteiger partial charge in [0.25, 0.3) is 30.4 Å². The number of aromatic nitrogens is 3. The molecular formula is C37H28Cl3N9O17S5. The second-order valence-corrected chi connectivity index (χ2v) is 23.2. The molecule has 0 bridgehead atoms. The third-order valence-corrected chi connectivity index (χ3v) is 15.7. The van der Waals surface area contributed by atoms with Crippen LogP contribution in [0.1, 0.15) is 11.1 Å².